The summed E-state index contributed by atoms with van der Waals surface area (Å²) < 4.78 is 0. The first-order valence-electron chi connectivity index (χ1n) is 4.02. The second-order valence-electron chi connectivity index (χ2n) is 2.72. The normalized spacial score (nSPS) is 13.0. The largest absolute Gasteiger partial charge is 0.349 e. The van der Waals surface area contributed by atoms with E-state index >= 15 is 0 Å². The van der Waals surface area contributed by atoms with Gasteiger partial charge >= 0.3 is 0 Å². The van der Waals surface area contributed by atoms with Gasteiger partial charge in [-0.15, -0.1) is 11.3 Å². The zero-order chi connectivity index (χ0) is 9.10. The van der Waals surface area contributed by atoms with Crippen LogP contribution < -0.4 is 0 Å². The fraction of sp³-hybridized carbons (Fsp3) is 0.222. The highest BCUT2D eigenvalue weighted by molar-refractivity contribution is 9.09. The Labute approximate surface area is 89.2 Å². The van der Waals surface area contributed by atoms with Crippen molar-refractivity contribution in [3.8, 4) is 0 Å². The summed E-state index contributed by atoms with van der Waals surface area (Å²) in [5.41, 5.74) is 0. The SMILES string of the molecule is BrC(Cc1ncc[nH]1)c1cccs1. The Morgan fingerprint density at radius 1 is 1.62 bits per heavy atom. The smallest absolute Gasteiger partial charge is 0.107 e. The van der Waals surface area contributed by atoms with Crippen molar-refractivity contribution in [1.29, 1.82) is 0 Å². The van der Waals surface area contributed by atoms with E-state index in [2.05, 4.69) is 43.4 Å². The molecule has 2 rings (SSSR count). The molecule has 2 aromatic rings. The van der Waals surface area contributed by atoms with Crippen molar-refractivity contribution in [3.05, 3.63) is 40.6 Å². The standard InChI is InChI=1S/C9H9BrN2S/c10-7(8-2-1-5-13-8)6-9-11-3-4-12-9/h1-5,7H,6H2,(H,11,12). The Morgan fingerprint density at radius 3 is 3.15 bits per heavy atom. The van der Waals surface area contributed by atoms with Crippen LogP contribution in [0.5, 0.6) is 0 Å². The summed E-state index contributed by atoms with van der Waals surface area (Å²) in [5, 5.41) is 2.09. The quantitative estimate of drug-likeness (QED) is 0.841. The van der Waals surface area contributed by atoms with E-state index in [4.69, 9.17) is 0 Å². The molecule has 0 spiro atoms. The average molecular weight is 257 g/mol. The number of aromatic amines is 1. The number of alkyl halides is 1. The van der Waals surface area contributed by atoms with Crippen LogP contribution in [0.3, 0.4) is 0 Å². The van der Waals surface area contributed by atoms with Crippen LogP contribution in [0.25, 0.3) is 0 Å². The van der Waals surface area contributed by atoms with Crippen LogP contribution in [0.2, 0.25) is 0 Å². The predicted molar refractivity (Wildman–Crippen MR) is 58.3 cm³/mol. The molecular formula is C9H9BrN2S. The second kappa shape index (κ2) is 4.07. The number of halogens is 1. The van der Waals surface area contributed by atoms with Gasteiger partial charge in [-0.1, -0.05) is 22.0 Å². The molecule has 0 saturated carbocycles. The Balaban J connectivity index is 2.04. The molecule has 0 bridgehead atoms. The number of nitrogens with one attached hydrogen (secondary N) is 1. The van der Waals surface area contributed by atoms with Crippen LogP contribution in [-0.2, 0) is 6.42 Å². The van der Waals surface area contributed by atoms with E-state index < -0.39 is 0 Å². The van der Waals surface area contributed by atoms with Gasteiger partial charge in [0.05, 0.1) is 4.83 Å². The summed E-state index contributed by atoms with van der Waals surface area (Å²) in [6, 6.07) is 4.20. The van der Waals surface area contributed by atoms with Gasteiger partial charge in [-0.3, -0.25) is 0 Å². The van der Waals surface area contributed by atoms with E-state index in [0.717, 1.165) is 12.2 Å². The minimum atomic E-state index is 0.374. The first kappa shape index (κ1) is 8.97. The maximum atomic E-state index is 4.19. The summed E-state index contributed by atoms with van der Waals surface area (Å²) in [4.78, 5) is 9.00. The number of hydrogen-bond acceptors (Lipinski definition) is 2. The first-order chi connectivity index (χ1) is 6.36. The molecule has 0 aliphatic rings. The molecule has 1 unspecified atom stereocenters. The zero-order valence-electron chi connectivity index (χ0n) is 6.90. The third kappa shape index (κ3) is 2.19. The minimum Gasteiger partial charge on any atom is -0.349 e. The van der Waals surface area contributed by atoms with Gasteiger partial charge in [0.1, 0.15) is 5.82 Å². The number of nitrogens with zero attached hydrogens (tertiary/aromatic N) is 1. The molecule has 0 aliphatic heterocycles. The number of rotatable bonds is 3. The van der Waals surface area contributed by atoms with Crippen LogP contribution in [-0.4, -0.2) is 9.97 Å². The number of thiophene rings is 1. The Hall–Kier alpha value is -0.610. The zero-order valence-corrected chi connectivity index (χ0v) is 9.31. The Bertz CT molecular complexity index is 342. The summed E-state index contributed by atoms with van der Waals surface area (Å²) in [7, 11) is 0. The summed E-state index contributed by atoms with van der Waals surface area (Å²) in [6.07, 6.45) is 4.54. The van der Waals surface area contributed by atoms with Gasteiger partial charge in [-0.25, -0.2) is 4.98 Å². The molecule has 0 aromatic carbocycles. The van der Waals surface area contributed by atoms with Crippen molar-refractivity contribution in [2.24, 2.45) is 0 Å². The molecule has 0 fully saturated rings. The van der Waals surface area contributed by atoms with E-state index in [-0.39, 0.29) is 0 Å². The molecule has 0 aliphatic carbocycles. The van der Waals surface area contributed by atoms with Gasteiger partial charge in [-0.2, -0.15) is 0 Å². The summed E-state index contributed by atoms with van der Waals surface area (Å²) >= 11 is 5.40. The molecule has 2 heterocycles. The van der Waals surface area contributed by atoms with Crippen molar-refractivity contribution in [1.82, 2.24) is 9.97 Å². The van der Waals surface area contributed by atoms with E-state index in [1.807, 2.05) is 6.20 Å². The highest BCUT2D eigenvalue weighted by atomic mass is 79.9. The molecule has 68 valence electrons. The minimum absolute atomic E-state index is 0.374. The van der Waals surface area contributed by atoms with Gasteiger partial charge in [0, 0.05) is 23.7 Å². The molecular weight excluding hydrogens is 248 g/mol. The molecule has 0 amide bonds. The predicted octanol–water partition coefficient (Wildman–Crippen LogP) is 3.15. The molecule has 4 heteroatoms. The monoisotopic (exact) mass is 256 g/mol. The Morgan fingerprint density at radius 2 is 2.54 bits per heavy atom. The molecule has 0 radical (unpaired) electrons. The number of imidazole rings is 1. The van der Waals surface area contributed by atoms with Crippen LogP contribution in [0.15, 0.2) is 29.9 Å². The molecule has 13 heavy (non-hydrogen) atoms. The highest BCUT2D eigenvalue weighted by Crippen LogP contribution is 2.29. The van der Waals surface area contributed by atoms with E-state index in [1.54, 1.807) is 17.5 Å². The van der Waals surface area contributed by atoms with Crippen LogP contribution >= 0.6 is 27.3 Å². The van der Waals surface area contributed by atoms with Crippen molar-refractivity contribution in [3.63, 3.8) is 0 Å². The third-order valence-corrected chi connectivity index (χ3v) is 3.89. The summed E-state index contributed by atoms with van der Waals surface area (Å²) in [5.74, 6) is 1.02. The van der Waals surface area contributed by atoms with Crippen molar-refractivity contribution >= 4 is 27.3 Å². The fourth-order valence-electron chi connectivity index (χ4n) is 1.15. The number of H-pyrrole nitrogens is 1. The first-order valence-corrected chi connectivity index (χ1v) is 5.81. The highest BCUT2D eigenvalue weighted by Gasteiger charge is 2.10. The Kier molecular flexibility index (Phi) is 2.80. The van der Waals surface area contributed by atoms with E-state index in [0.29, 0.717) is 4.83 Å². The second-order valence-corrected chi connectivity index (χ2v) is 4.81. The molecule has 2 aromatic heterocycles. The number of hydrogen-bond donors (Lipinski definition) is 1. The average Bonchev–Trinajstić information content (AvgIpc) is 2.74. The maximum Gasteiger partial charge on any atom is 0.107 e. The summed E-state index contributed by atoms with van der Waals surface area (Å²) in [6.45, 7) is 0. The topological polar surface area (TPSA) is 28.7 Å². The van der Waals surface area contributed by atoms with Gasteiger partial charge < -0.3 is 4.98 Å². The van der Waals surface area contributed by atoms with Crippen molar-refractivity contribution in [2.75, 3.05) is 0 Å². The fourth-order valence-corrected chi connectivity index (χ4v) is 2.63. The van der Waals surface area contributed by atoms with Crippen LogP contribution in [0.1, 0.15) is 15.5 Å². The van der Waals surface area contributed by atoms with Gasteiger partial charge in [0.15, 0.2) is 0 Å². The van der Waals surface area contributed by atoms with Gasteiger partial charge in [0.25, 0.3) is 0 Å². The molecule has 2 nitrogen and oxygen atoms in total. The van der Waals surface area contributed by atoms with Crippen molar-refractivity contribution < 1.29 is 0 Å². The van der Waals surface area contributed by atoms with Crippen LogP contribution in [0.4, 0.5) is 0 Å². The third-order valence-electron chi connectivity index (χ3n) is 1.78. The lowest BCUT2D eigenvalue weighted by atomic mass is 10.2. The molecule has 0 saturated heterocycles. The lowest BCUT2D eigenvalue weighted by Crippen LogP contribution is -1.94. The maximum absolute atomic E-state index is 4.19. The molecule has 1 atom stereocenters. The number of aromatic nitrogens is 2. The van der Waals surface area contributed by atoms with Gasteiger partial charge in [0.2, 0.25) is 0 Å². The molecule has 1 N–H and O–H groups in total. The van der Waals surface area contributed by atoms with Gasteiger partial charge in [-0.05, 0) is 11.4 Å². The lowest BCUT2D eigenvalue weighted by molar-refractivity contribution is 0.889. The lowest BCUT2D eigenvalue weighted by Gasteiger charge is -2.03. The van der Waals surface area contributed by atoms with E-state index in [9.17, 15) is 0 Å². The van der Waals surface area contributed by atoms with E-state index in [1.165, 1.54) is 4.88 Å². The van der Waals surface area contributed by atoms with Crippen LogP contribution in [0, 0.1) is 0 Å². The van der Waals surface area contributed by atoms with Crippen molar-refractivity contribution in [2.45, 2.75) is 11.2 Å².